The van der Waals surface area contributed by atoms with Gasteiger partial charge in [0.25, 0.3) is 0 Å². The van der Waals surface area contributed by atoms with Gasteiger partial charge >= 0.3 is 5.97 Å². The molecule has 1 aromatic heterocycles. The van der Waals surface area contributed by atoms with Crippen LogP contribution in [0, 0.1) is 6.92 Å². The quantitative estimate of drug-likeness (QED) is 0.489. The summed E-state index contributed by atoms with van der Waals surface area (Å²) in [5.74, 6) is 0.0779. The Labute approximate surface area is 117 Å². The maximum absolute atomic E-state index is 11.6. The predicted octanol–water partition coefficient (Wildman–Crippen LogP) is 3.83. The summed E-state index contributed by atoms with van der Waals surface area (Å²) in [6.07, 6.45) is 3.01. The van der Waals surface area contributed by atoms with Gasteiger partial charge in [-0.1, -0.05) is 12.1 Å². The third-order valence-corrected chi connectivity index (χ3v) is 3.52. The maximum atomic E-state index is 11.6. The number of nitrogens with zero attached hydrogens (tertiary/aromatic N) is 1. The molecule has 3 nitrogen and oxygen atoms in total. The summed E-state index contributed by atoms with van der Waals surface area (Å²) in [6, 6.07) is 7.20. The summed E-state index contributed by atoms with van der Waals surface area (Å²) in [6.45, 7) is 1.92. The van der Waals surface area contributed by atoms with Crippen molar-refractivity contribution in [3.8, 4) is 5.75 Å². The Morgan fingerprint density at radius 3 is 2.89 bits per heavy atom. The van der Waals surface area contributed by atoms with E-state index < -0.39 is 5.97 Å². The lowest BCUT2D eigenvalue weighted by molar-refractivity contribution is -0.128. The lowest BCUT2D eigenvalue weighted by atomic mass is 10.3. The molecule has 0 radical (unpaired) electrons. The minimum Gasteiger partial charge on any atom is -0.422 e. The van der Waals surface area contributed by atoms with Gasteiger partial charge in [0.2, 0.25) is 0 Å². The Morgan fingerprint density at radius 2 is 2.22 bits per heavy atom. The average Bonchev–Trinajstić information content (AvgIpc) is 2.76. The van der Waals surface area contributed by atoms with Gasteiger partial charge in [-0.2, -0.15) is 0 Å². The summed E-state index contributed by atoms with van der Waals surface area (Å²) >= 11 is 4.85. The molecule has 0 saturated carbocycles. The number of hydrogen-bond acceptors (Lipinski definition) is 4. The highest BCUT2D eigenvalue weighted by atomic mass is 79.9. The number of hydrogen-bond donors (Lipinski definition) is 0. The molecule has 0 atom stereocenters. The molecule has 0 amide bonds. The molecule has 1 aromatic carbocycles. The number of esters is 1. The minimum atomic E-state index is -0.424. The van der Waals surface area contributed by atoms with Gasteiger partial charge in [0.15, 0.2) is 0 Å². The fourth-order valence-corrected chi connectivity index (χ4v) is 2.23. The molecule has 1 heterocycles. The first-order valence-electron chi connectivity index (χ1n) is 5.22. The molecule has 0 saturated heterocycles. The van der Waals surface area contributed by atoms with Crippen molar-refractivity contribution >= 4 is 39.3 Å². The van der Waals surface area contributed by atoms with Crippen molar-refractivity contribution in [1.82, 2.24) is 4.98 Å². The Hall–Kier alpha value is -1.46. The normalized spacial score (nSPS) is 10.8. The molecule has 2 rings (SSSR count). The summed E-state index contributed by atoms with van der Waals surface area (Å²) in [7, 11) is 0. The molecule has 0 unspecified atom stereocenters. The van der Waals surface area contributed by atoms with Gasteiger partial charge in [0, 0.05) is 11.5 Å². The highest BCUT2D eigenvalue weighted by molar-refractivity contribution is 9.10. The molecule has 2 aromatic rings. The Balaban J connectivity index is 2.01. The minimum absolute atomic E-state index is 0.424. The van der Waals surface area contributed by atoms with Crippen LogP contribution in [0.15, 0.2) is 40.2 Å². The first-order chi connectivity index (χ1) is 8.65. The summed E-state index contributed by atoms with van der Waals surface area (Å²) < 4.78 is 5.92. The van der Waals surface area contributed by atoms with Crippen molar-refractivity contribution in [2.75, 3.05) is 0 Å². The summed E-state index contributed by atoms with van der Waals surface area (Å²) in [4.78, 5) is 15.8. The highest BCUT2D eigenvalue weighted by Crippen LogP contribution is 2.23. The van der Waals surface area contributed by atoms with E-state index >= 15 is 0 Å². The predicted molar refractivity (Wildman–Crippen MR) is 75.7 cm³/mol. The molecule has 0 fully saturated rings. The topological polar surface area (TPSA) is 39.2 Å². The number of para-hydroxylation sites is 1. The molecule has 0 aliphatic heterocycles. The third-order valence-electron chi connectivity index (χ3n) is 2.07. The lowest BCUT2D eigenvalue weighted by Gasteiger charge is -2.02. The maximum Gasteiger partial charge on any atom is 0.336 e. The van der Waals surface area contributed by atoms with Crippen LogP contribution in [0.2, 0.25) is 0 Å². The molecule has 92 valence electrons. The van der Waals surface area contributed by atoms with E-state index in [-0.39, 0.29) is 0 Å². The van der Waals surface area contributed by atoms with Crippen LogP contribution in [-0.2, 0) is 4.79 Å². The third kappa shape index (κ3) is 3.51. The zero-order valence-electron chi connectivity index (χ0n) is 9.59. The van der Waals surface area contributed by atoms with Crippen molar-refractivity contribution in [1.29, 1.82) is 0 Å². The van der Waals surface area contributed by atoms with Crippen LogP contribution in [0.3, 0.4) is 0 Å². The molecule has 18 heavy (non-hydrogen) atoms. The monoisotopic (exact) mass is 323 g/mol. The van der Waals surface area contributed by atoms with Crippen molar-refractivity contribution in [2.24, 2.45) is 0 Å². The van der Waals surface area contributed by atoms with Crippen LogP contribution < -0.4 is 4.74 Å². The van der Waals surface area contributed by atoms with Gasteiger partial charge in [-0.3, -0.25) is 0 Å². The van der Waals surface area contributed by atoms with Crippen molar-refractivity contribution in [2.45, 2.75) is 6.92 Å². The number of benzene rings is 1. The number of aryl methyl sites for hydroxylation is 1. The van der Waals surface area contributed by atoms with Crippen molar-refractivity contribution in [3.63, 3.8) is 0 Å². The van der Waals surface area contributed by atoms with Gasteiger partial charge in [-0.15, -0.1) is 11.3 Å². The smallest absolute Gasteiger partial charge is 0.336 e. The molecular formula is C13H10BrNO2S. The Kier molecular flexibility index (Phi) is 4.28. The van der Waals surface area contributed by atoms with E-state index in [1.165, 1.54) is 6.08 Å². The van der Waals surface area contributed by atoms with Crippen LogP contribution in [0.1, 0.15) is 10.7 Å². The van der Waals surface area contributed by atoms with Crippen LogP contribution in [-0.4, -0.2) is 11.0 Å². The molecular weight excluding hydrogens is 314 g/mol. The largest absolute Gasteiger partial charge is 0.422 e. The second kappa shape index (κ2) is 5.93. The number of carbonyl (C=O) groups excluding carboxylic acids is 1. The second-order valence-electron chi connectivity index (χ2n) is 3.48. The molecule has 0 spiro atoms. The Morgan fingerprint density at radius 1 is 1.44 bits per heavy atom. The van der Waals surface area contributed by atoms with E-state index in [0.717, 1.165) is 15.2 Å². The highest BCUT2D eigenvalue weighted by Gasteiger charge is 2.04. The van der Waals surface area contributed by atoms with E-state index in [1.807, 2.05) is 24.4 Å². The molecule has 0 aliphatic rings. The first kappa shape index (κ1) is 13.0. The zero-order chi connectivity index (χ0) is 13.0. The fraction of sp³-hybridized carbons (Fsp3) is 0.0769. The van der Waals surface area contributed by atoms with Gasteiger partial charge in [0.05, 0.1) is 15.2 Å². The van der Waals surface area contributed by atoms with Crippen LogP contribution in [0.25, 0.3) is 6.08 Å². The molecule has 0 bridgehead atoms. The average molecular weight is 324 g/mol. The van der Waals surface area contributed by atoms with E-state index in [1.54, 1.807) is 29.5 Å². The zero-order valence-corrected chi connectivity index (χ0v) is 12.0. The van der Waals surface area contributed by atoms with Crippen LogP contribution in [0.4, 0.5) is 0 Å². The number of halogens is 1. The SMILES string of the molecule is Cc1nc(/C=C/C(=O)Oc2ccccc2Br)cs1. The van der Waals surface area contributed by atoms with E-state index in [4.69, 9.17) is 4.74 Å². The van der Waals surface area contributed by atoms with Crippen molar-refractivity contribution in [3.05, 3.63) is 50.9 Å². The fourth-order valence-electron chi connectivity index (χ4n) is 1.28. The van der Waals surface area contributed by atoms with Gasteiger partial charge < -0.3 is 4.74 Å². The number of aromatic nitrogens is 1. The molecule has 0 aliphatic carbocycles. The van der Waals surface area contributed by atoms with Crippen LogP contribution in [0.5, 0.6) is 5.75 Å². The standard InChI is InChI=1S/C13H10BrNO2S/c1-9-15-10(8-18-9)6-7-13(16)17-12-5-3-2-4-11(12)14/h2-8H,1H3/b7-6+. The number of rotatable bonds is 3. The first-order valence-corrected chi connectivity index (χ1v) is 6.89. The summed E-state index contributed by atoms with van der Waals surface area (Å²) in [5, 5.41) is 2.85. The number of thiazole rings is 1. The molecule has 0 N–H and O–H groups in total. The van der Waals surface area contributed by atoms with Gasteiger partial charge in [-0.05, 0) is 41.1 Å². The van der Waals surface area contributed by atoms with E-state index in [2.05, 4.69) is 20.9 Å². The number of ether oxygens (including phenoxy) is 1. The second-order valence-corrected chi connectivity index (χ2v) is 5.39. The van der Waals surface area contributed by atoms with Crippen LogP contribution >= 0.6 is 27.3 Å². The lowest BCUT2D eigenvalue weighted by Crippen LogP contribution is -2.03. The number of carbonyl (C=O) groups is 1. The summed E-state index contributed by atoms with van der Waals surface area (Å²) in [5.41, 5.74) is 0.765. The molecule has 5 heteroatoms. The van der Waals surface area contributed by atoms with E-state index in [9.17, 15) is 4.79 Å². The Bertz CT molecular complexity index is 592. The van der Waals surface area contributed by atoms with Crippen molar-refractivity contribution < 1.29 is 9.53 Å². The van der Waals surface area contributed by atoms with Gasteiger partial charge in [-0.25, -0.2) is 9.78 Å². The van der Waals surface area contributed by atoms with Gasteiger partial charge in [0.1, 0.15) is 5.75 Å². The van der Waals surface area contributed by atoms with E-state index in [0.29, 0.717) is 5.75 Å².